The Morgan fingerprint density at radius 2 is 2.14 bits per heavy atom. The van der Waals surface area contributed by atoms with Crippen LogP contribution in [0.15, 0.2) is 22.7 Å². The molecule has 0 unspecified atom stereocenters. The fourth-order valence-corrected chi connectivity index (χ4v) is 3.66. The van der Waals surface area contributed by atoms with Crippen LogP contribution in [0.5, 0.6) is 0 Å². The molecule has 3 nitrogen and oxygen atoms in total. The molecule has 21 heavy (non-hydrogen) atoms. The summed E-state index contributed by atoms with van der Waals surface area (Å²) < 4.78 is 16.7. The molecule has 0 fully saturated rings. The lowest BCUT2D eigenvalue weighted by Gasteiger charge is -2.38. The van der Waals surface area contributed by atoms with E-state index in [1.807, 2.05) is 6.07 Å². The molecule has 0 saturated carbocycles. The summed E-state index contributed by atoms with van der Waals surface area (Å²) in [5, 5.41) is 7.57. The van der Waals surface area contributed by atoms with Gasteiger partial charge in [-0.3, -0.25) is 4.68 Å². The summed E-state index contributed by atoms with van der Waals surface area (Å²) in [5.74, 6) is -0.333. The molecular weight excluding hydrogens is 353 g/mol. The van der Waals surface area contributed by atoms with Crippen LogP contribution in [0, 0.1) is 19.7 Å². The van der Waals surface area contributed by atoms with E-state index in [0.29, 0.717) is 22.9 Å². The summed E-state index contributed by atoms with van der Waals surface area (Å²) in [6.07, 6.45) is 0. The predicted octanol–water partition coefficient (Wildman–Crippen LogP) is 3.60. The van der Waals surface area contributed by atoms with Crippen molar-refractivity contribution in [1.29, 1.82) is 0 Å². The molecule has 1 atom stereocenters. The van der Waals surface area contributed by atoms with Gasteiger partial charge in [-0.2, -0.15) is 5.10 Å². The molecule has 2 heterocycles. The second-order valence-corrected chi connectivity index (χ2v) is 6.98. The Bertz CT molecular complexity index is 756. The summed E-state index contributed by atoms with van der Waals surface area (Å²) >= 11 is 8.87. The summed E-state index contributed by atoms with van der Waals surface area (Å²) in [5.41, 5.74) is 2.63. The van der Waals surface area contributed by atoms with Crippen molar-refractivity contribution in [2.75, 3.05) is 0 Å². The standard InChI is InChI=1S/C15H15BrFN3S/c1-8-4-5-10(16)6-11(8)15(3)7-20-13(14(21)18-15)12(17)9(2)19-20/h4-6H,7H2,1-3H3,(H,18,21)/t15-/m0/s1. The van der Waals surface area contributed by atoms with E-state index in [9.17, 15) is 4.39 Å². The highest BCUT2D eigenvalue weighted by Crippen LogP contribution is 2.32. The Morgan fingerprint density at radius 1 is 1.43 bits per heavy atom. The van der Waals surface area contributed by atoms with Crippen LogP contribution in [0.4, 0.5) is 4.39 Å². The summed E-state index contributed by atoms with van der Waals surface area (Å²) in [7, 11) is 0. The molecule has 0 amide bonds. The van der Waals surface area contributed by atoms with Crippen LogP contribution in [-0.4, -0.2) is 14.8 Å². The second-order valence-electron chi connectivity index (χ2n) is 5.65. The van der Waals surface area contributed by atoms with Crippen LogP contribution in [0.25, 0.3) is 0 Å². The van der Waals surface area contributed by atoms with Crippen molar-refractivity contribution in [3.05, 3.63) is 51.0 Å². The lowest BCUT2D eigenvalue weighted by Crippen LogP contribution is -2.51. The van der Waals surface area contributed by atoms with Crippen LogP contribution >= 0.6 is 28.1 Å². The maximum Gasteiger partial charge on any atom is 0.174 e. The van der Waals surface area contributed by atoms with Crippen LogP contribution in [-0.2, 0) is 12.1 Å². The van der Waals surface area contributed by atoms with Crippen molar-refractivity contribution in [1.82, 2.24) is 15.1 Å². The van der Waals surface area contributed by atoms with E-state index in [1.54, 1.807) is 11.6 Å². The van der Waals surface area contributed by atoms with Gasteiger partial charge in [0, 0.05) is 4.47 Å². The average molecular weight is 368 g/mol. The van der Waals surface area contributed by atoms with Crippen molar-refractivity contribution in [3.63, 3.8) is 0 Å². The number of aromatic nitrogens is 2. The molecule has 0 bridgehead atoms. The molecule has 0 aliphatic carbocycles. The molecule has 3 rings (SSSR count). The Labute approximate surface area is 136 Å². The molecule has 1 aromatic heterocycles. The summed E-state index contributed by atoms with van der Waals surface area (Å²) in [6.45, 7) is 6.31. The highest BCUT2D eigenvalue weighted by atomic mass is 79.9. The molecule has 6 heteroatoms. The summed E-state index contributed by atoms with van der Waals surface area (Å²) in [4.78, 5) is 0.404. The minimum Gasteiger partial charge on any atom is -0.363 e. The monoisotopic (exact) mass is 367 g/mol. The van der Waals surface area contributed by atoms with Crippen LogP contribution in [0.1, 0.15) is 29.4 Å². The molecule has 110 valence electrons. The fourth-order valence-electron chi connectivity index (χ4n) is 2.88. The van der Waals surface area contributed by atoms with E-state index in [4.69, 9.17) is 12.2 Å². The van der Waals surface area contributed by atoms with Gasteiger partial charge in [-0.25, -0.2) is 4.39 Å². The zero-order chi connectivity index (χ0) is 15.4. The zero-order valence-corrected chi connectivity index (χ0v) is 14.4. The van der Waals surface area contributed by atoms with E-state index in [1.165, 1.54) is 0 Å². The zero-order valence-electron chi connectivity index (χ0n) is 12.0. The first-order valence-corrected chi connectivity index (χ1v) is 7.84. The number of benzene rings is 1. The van der Waals surface area contributed by atoms with Crippen molar-refractivity contribution >= 4 is 33.1 Å². The molecule has 1 aromatic carbocycles. The molecule has 1 N–H and O–H groups in total. The molecule has 0 saturated heterocycles. The third kappa shape index (κ3) is 2.30. The average Bonchev–Trinajstić information content (AvgIpc) is 2.67. The maximum absolute atomic E-state index is 14.1. The van der Waals surface area contributed by atoms with Gasteiger partial charge in [0.15, 0.2) is 5.82 Å². The van der Waals surface area contributed by atoms with Crippen molar-refractivity contribution in [2.45, 2.75) is 32.9 Å². The van der Waals surface area contributed by atoms with E-state index >= 15 is 0 Å². The van der Waals surface area contributed by atoms with Crippen LogP contribution in [0.3, 0.4) is 0 Å². The number of nitrogens with zero attached hydrogens (tertiary/aromatic N) is 2. The SMILES string of the molecule is Cc1ccc(Br)cc1[C@]1(C)Cn2nc(C)c(F)c2C(=S)N1. The number of thiocarbonyl (C=S) groups is 1. The number of halogens is 2. The lowest BCUT2D eigenvalue weighted by atomic mass is 9.87. The first-order valence-electron chi connectivity index (χ1n) is 6.64. The molecule has 2 aromatic rings. The number of fused-ring (bicyclic) bond motifs is 1. The van der Waals surface area contributed by atoms with E-state index in [0.717, 1.165) is 15.6 Å². The quantitative estimate of drug-likeness (QED) is 0.781. The van der Waals surface area contributed by atoms with Crippen molar-refractivity contribution in [3.8, 4) is 0 Å². The van der Waals surface area contributed by atoms with Gasteiger partial charge in [0.05, 0.1) is 17.8 Å². The normalized spacial score (nSPS) is 21.1. The Morgan fingerprint density at radius 3 is 2.86 bits per heavy atom. The lowest BCUT2D eigenvalue weighted by molar-refractivity contribution is 0.329. The third-order valence-corrected chi connectivity index (χ3v) is 4.71. The van der Waals surface area contributed by atoms with Gasteiger partial charge in [0.25, 0.3) is 0 Å². The maximum atomic E-state index is 14.1. The topological polar surface area (TPSA) is 29.9 Å². The van der Waals surface area contributed by atoms with Crippen LogP contribution < -0.4 is 5.32 Å². The smallest absolute Gasteiger partial charge is 0.174 e. The molecule has 0 spiro atoms. The Balaban J connectivity index is 2.12. The van der Waals surface area contributed by atoms with Gasteiger partial charge < -0.3 is 5.32 Å². The van der Waals surface area contributed by atoms with E-state index in [2.05, 4.69) is 52.3 Å². The van der Waals surface area contributed by atoms with E-state index < -0.39 is 5.54 Å². The van der Waals surface area contributed by atoms with E-state index in [-0.39, 0.29) is 5.82 Å². The first-order chi connectivity index (χ1) is 9.82. The number of rotatable bonds is 1. The van der Waals surface area contributed by atoms with Gasteiger partial charge in [-0.05, 0) is 44.0 Å². The highest BCUT2D eigenvalue weighted by Gasteiger charge is 2.37. The van der Waals surface area contributed by atoms with Gasteiger partial charge in [-0.15, -0.1) is 0 Å². The third-order valence-electron chi connectivity index (χ3n) is 3.92. The number of nitrogens with one attached hydrogen (secondary N) is 1. The molecule has 1 aliphatic rings. The number of hydrogen-bond donors (Lipinski definition) is 1. The van der Waals surface area contributed by atoms with Crippen molar-refractivity contribution < 1.29 is 4.39 Å². The van der Waals surface area contributed by atoms with Gasteiger partial charge >= 0.3 is 0 Å². The Hall–Kier alpha value is -1.27. The number of aryl methyl sites for hydroxylation is 2. The Kier molecular flexibility index (Phi) is 3.41. The molecule has 0 radical (unpaired) electrons. The first kappa shape index (κ1) is 14.7. The second kappa shape index (κ2) is 4.88. The predicted molar refractivity (Wildman–Crippen MR) is 88.0 cm³/mol. The van der Waals surface area contributed by atoms with Crippen LogP contribution in [0.2, 0.25) is 0 Å². The molecule has 1 aliphatic heterocycles. The fraction of sp³-hybridized carbons (Fsp3) is 0.333. The van der Waals surface area contributed by atoms with Gasteiger partial charge in [0.1, 0.15) is 10.7 Å². The minimum absolute atomic E-state index is 0.333. The summed E-state index contributed by atoms with van der Waals surface area (Å²) in [6, 6.07) is 6.13. The number of hydrogen-bond acceptors (Lipinski definition) is 2. The largest absolute Gasteiger partial charge is 0.363 e. The van der Waals surface area contributed by atoms with Crippen molar-refractivity contribution in [2.24, 2.45) is 0 Å². The van der Waals surface area contributed by atoms with Gasteiger partial charge in [0.2, 0.25) is 0 Å². The minimum atomic E-state index is -0.414. The highest BCUT2D eigenvalue weighted by molar-refractivity contribution is 9.10. The molecular formula is C15H15BrFN3S. The van der Waals surface area contributed by atoms with Gasteiger partial charge in [-0.1, -0.05) is 34.2 Å².